The van der Waals surface area contributed by atoms with Crippen molar-refractivity contribution in [2.45, 2.75) is 19.5 Å². The van der Waals surface area contributed by atoms with Crippen LogP contribution in [0.15, 0.2) is 41.8 Å². The SMILES string of the molecule is COc1ccc2c(c1)CCN(Cc1csc(NC(=O)c3cc(Cl)ccc3OC)n1)C2. The minimum absolute atomic E-state index is 0.295. The van der Waals surface area contributed by atoms with Crippen molar-refractivity contribution in [3.8, 4) is 11.5 Å². The van der Waals surface area contributed by atoms with Crippen molar-refractivity contribution in [2.24, 2.45) is 0 Å². The van der Waals surface area contributed by atoms with Gasteiger partial charge in [0.2, 0.25) is 0 Å². The molecule has 2 aromatic carbocycles. The summed E-state index contributed by atoms with van der Waals surface area (Å²) in [5, 5.41) is 5.85. The zero-order valence-electron chi connectivity index (χ0n) is 16.8. The first-order chi connectivity index (χ1) is 14.6. The van der Waals surface area contributed by atoms with Crippen LogP contribution in [0.1, 0.15) is 27.2 Å². The van der Waals surface area contributed by atoms with Crippen molar-refractivity contribution in [2.75, 3.05) is 26.1 Å². The molecule has 1 aromatic heterocycles. The van der Waals surface area contributed by atoms with Crippen molar-refractivity contribution in [1.82, 2.24) is 9.88 Å². The normalized spacial score (nSPS) is 13.6. The Morgan fingerprint density at radius 2 is 2.07 bits per heavy atom. The molecule has 0 saturated heterocycles. The lowest BCUT2D eigenvalue weighted by molar-refractivity contribution is 0.102. The molecule has 8 heteroatoms. The van der Waals surface area contributed by atoms with Crippen molar-refractivity contribution >= 4 is 34.0 Å². The summed E-state index contributed by atoms with van der Waals surface area (Å²) >= 11 is 7.43. The molecule has 0 radical (unpaired) electrons. The number of nitrogens with one attached hydrogen (secondary N) is 1. The largest absolute Gasteiger partial charge is 0.497 e. The number of thiazole rings is 1. The van der Waals surface area contributed by atoms with Gasteiger partial charge in [-0.2, -0.15) is 0 Å². The molecule has 1 amide bonds. The van der Waals surface area contributed by atoms with Crippen LogP contribution in [0, 0.1) is 0 Å². The van der Waals surface area contributed by atoms with Gasteiger partial charge >= 0.3 is 0 Å². The summed E-state index contributed by atoms with van der Waals surface area (Å²) in [6, 6.07) is 11.2. The summed E-state index contributed by atoms with van der Waals surface area (Å²) < 4.78 is 10.6. The highest BCUT2D eigenvalue weighted by Crippen LogP contribution is 2.27. The standard InChI is InChI=1S/C22H22ClN3O3S/c1-28-18-5-3-15-11-26(8-7-14(15)9-18)12-17-13-30-22(24-17)25-21(27)19-10-16(23)4-6-20(19)29-2/h3-6,9-10,13H,7-8,11-12H2,1-2H3,(H,24,25,27). The summed E-state index contributed by atoms with van der Waals surface area (Å²) in [7, 11) is 3.21. The first-order valence-electron chi connectivity index (χ1n) is 9.53. The first kappa shape index (κ1) is 20.7. The van der Waals surface area contributed by atoms with Gasteiger partial charge < -0.3 is 9.47 Å². The van der Waals surface area contributed by atoms with E-state index in [0.717, 1.165) is 37.5 Å². The molecule has 0 unspecified atom stereocenters. The van der Waals surface area contributed by atoms with Gasteiger partial charge in [0.1, 0.15) is 11.5 Å². The third-order valence-electron chi connectivity index (χ3n) is 5.07. The molecule has 0 spiro atoms. The number of nitrogens with zero attached hydrogens (tertiary/aromatic N) is 2. The lowest BCUT2D eigenvalue weighted by Gasteiger charge is -2.28. The van der Waals surface area contributed by atoms with Crippen LogP contribution in [0.5, 0.6) is 11.5 Å². The van der Waals surface area contributed by atoms with Crippen molar-refractivity contribution in [3.63, 3.8) is 0 Å². The minimum atomic E-state index is -0.295. The van der Waals surface area contributed by atoms with Gasteiger partial charge in [-0.3, -0.25) is 15.0 Å². The van der Waals surface area contributed by atoms with E-state index in [2.05, 4.69) is 27.3 Å². The molecule has 6 nitrogen and oxygen atoms in total. The molecule has 30 heavy (non-hydrogen) atoms. The Hall–Kier alpha value is -2.61. The highest BCUT2D eigenvalue weighted by atomic mass is 35.5. The maximum absolute atomic E-state index is 12.6. The fourth-order valence-electron chi connectivity index (χ4n) is 3.54. The molecule has 0 aliphatic carbocycles. The van der Waals surface area contributed by atoms with Crippen LogP contribution in [0.25, 0.3) is 0 Å². The summed E-state index contributed by atoms with van der Waals surface area (Å²) in [6.07, 6.45) is 0.981. The molecule has 1 N–H and O–H groups in total. The molecule has 2 heterocycles. The lowest BCUT2D eigenvalue weighted by Crippen LogP contribution is -2.30. The number of carbonyl (C=O) groups excluding carboxylic acids is 1. The van der Waals surface area contributed by atoms with E-state index in [0.29, 0.717) is 21.5 Å². The number of hydrogen-bond acceptors (Lipinski definition) is 6. The molecule has 156 valence electrons. The second kappa shape index (κ2) is 9.04. The third kappa shape index (κ3) is 4.59. The summed E-state index contributed by atoms with van der Waals surface area (Å²) in [5.74, 6) is 1.08. The number of benzene rings is 2. The maximum Gasteiger partial charge on any atom is 0.261 e. The number of anilines is 1. The number of ether oxygens (including phenoxy) is 2. The molecule has 0 atom stereocenters. The highest BCUT2D eigenvalue weighted by molar-refractivity contribution is 7.14. The van der Waals surface area contributed by atoms with Crippen molar-refractivity contribution in [3.05, 3.63) is 69.2 Å². The first-order valence-corrected chi connectivity index (χ1v) is 10.8. The third-order valence-corrected chi connectivity index (χ3v) is 6.11. The molecule has 0 fully saturated rings. The zero-order valence-corrected chi connectivity index (χ0v) is 18.3. The molecular formula is C22H22ClN3O3S. The zero-order chi connectivity index (χ0) is 21.1. The Bertz CT molecular complexity index is 1070. The van der Waals surface area contributed by atoms with E-state index >= 15 is 0 Å². The van der Waals surface area contributed by atoms with Crippen LogP contribution < -0.4 is 14.8 Å². The Balaban J connectivity index is 1.40. The van der Waals surface area contributed by atoms with Gasteiger partial charge in [0, 0.05) is 30.0 Å². The summed E-state index contributed by atoms with van der Waals surface area (Å²) in [4.78, 5) is 19.6. The van der Waals surface area contributed by atoms with Crippen LogP contribution in [-0.4, -0.2) is 36.6 Å². The van der Waals surface area contributed by atoms with Gasteiger partial charge in [-0.15, -0.1) is 11.3 Å². The Morgan fingerprint density at radius 3 is 2.87 bits per heavy atom. The van der Waals surface area contributed by atoms with Gasteiger partial charge in [-0.1, -0.05) is 17.7 Å². The molecule has 0 bridgehead atoms. The van der Waals surface area contributed by atoms with Gasteiger partial charge in [0.05, 0.1) is 25.5 Å². The molecule has 0 saturated carbocycles. The Morgan fingerprint density at radius 1 is 1.20 bits per heavy atom. The fourth-order valence-corrected chi connectivity index (χ4v) is 4.41. The number of hydrogen-bond donors (Lipinski definition) is 1. The predicted molar refractivity (Wildman–Crippen MR) is 119 cm³/mol. The van der Waals surface area contributed by atoms with Crippen LogP contribution >= 0.6 is 22.9 Å². The van der Waals surface area contributed by atoms with Crippen molar-refractivity contribution in [1.29, 1.82) is 0 Å². The topological polar surface area (TPSA) is 63.7 Å². The number of fused-ring (bicyclic) bond motifs is 1. The summed E-state index contributed by atoms with van der Waals surface area (Å²) in [6.45, 7) is 2.57. The van der Waals surface area contributed by atoms with E-state index in [-0.39, 0.29) is 5.91 Å². The number of rotatable bonds is 6. The monoisotopic (exact) mass is 443 g/mol. The van der Waals surface area contributed by atoms with Crippen molar-refractivity contribution < 1.29 is 14.3 Å². The molecular weight excluding hydrogens is 422 g/mol. The Kier molecular flexibility index (Phi) is 6.22. The van der Waals surface area contributed by atoms with E-state index in [9.17, 15) is 4.79 Å². The molecule has 4 rings (SSSR count). The highest BCUT2D eigenvalue weighted by Gasteiger charge is 2.19. The van der Waals surface area contributed by atoms with E-state index in [1.165, 1.54) is 29.6 Å². The molecule has 3 aromatic rings. The second-order valence-electron chi connectivity index (χ2n) is 7.04. The number of carbonyl (C=O) groups is 1. The average molecular weight is 444 g/mol. The molecule has 1 aliphatic rings. The van der Waals surface area contributed by atoms with Gasteiger partial charge in [0.15, 0.2) is 5.13 Å². The number of aromatic nitrogens is 1. The van der Waals surface area contributed by atoms with Crippen LogP contribution in [0.2, 0.25) is 5.02 Å². The molecule has 1 aliphatic heterocycles. The fraction of sp³-hybridized carbons (Fsp3) is 0.273. The van der Waals surface area contributed by atoms with E-state index in [4.69, 9.17) is 21.1 Å². The minimum Gasteiger partial charge on any atom is -0.497 e. The number of methoxy groups -OCH3 is 2. The quantitative estimate of drug-likeness (QED) is 0.602. The van der Waals surface area contributed by atoms with Gasteiger partial charge in [-0.05, 0) is 47.9 Å². The Labute approximate surface area is 184 Å². The van der Waals surface area contributed by atoms with Crippen LogP contribution in [-0.2, 0) is 19.5 Å². The number of halogens is 1. The van der Waals surface area contributed by atoms with Crippen LogP contribution in [0.4, 0.5) is 5.13 Å². The van der Waals surface area contributed by atoms with Gasteiger partial charge in [-0.25, -0.2) is 4.98 Å². The van der Waals surface area contributed by atoms with E-state index in [1.54, 1.807) is 25.3 Å². The average Bonchev–Trinajstić information content (AvgIpc) is 3.19. The predicted octanol–water partition coefficient (Wildman–Crippen LogP) is 4.62. The second-order valence-corrected chi connectivity index (χ2v) is 8.33. The van der Waals surface area contributed by atoms with Crippen LogP contribution in [0.3, 0.4) is 0 Å². The van der Waals surface area contributed by atoms with E-state index in [1.807, 2.05) is 11.4 Å². The number of amides is 1. The maximum atomic E-state index is 12.6. The van der Waals surface area contributed by atoms with Gasteiger partial charge in [0.25, 0.3) is 5.91 Å². The lowest BCUT2D eigenvalue weighted by atomic mass is 9.99. The smallest absolute Gasteiger partial charge is 0.261 e. The van der Waals surface area contributed by atoms with E-state index < -0.39 is 0 Å². The summed E-state index contributed by atoms with van der Waals surface area (Å²) in [5.41, 5.74) is 3.97.